The minimum atomic E-state index is -0.246. The Hall–Kier alpha value is -3.59. The van der Waals surface area contributed by atoms with Gasteiger partial charge in [-0.05, 0) is 50.5 Å². The molecule has 9 heteroatoms. The number of aromatic nitrogens is 3. The Bertz CT molecular complexity index is 1330. The summed E-state index contributed by atoms with van der Waals surface area (Å²) in [5.41, 5.74) is 4.33. The molecule has 1 fully saturated rings. The lowest BCUT2D eigenvalue weighted by Crippen LogP contribution is -2.45. The van der Waals surface area contributed by atoms with Gasteiger partial charge in [-0.3, -0.25) is 15.0 Å². The van der Waals surface area contributed by atoms with E-state index in [0.717, 1.165) is 53.9 Å². The minimum Gasteiger partial charge on any atom is -0.467 e. The van der Waals surface area contributed by atoms with Gasteiger partial charge in [0.1, 0.15) is 5.75 Å². The van der Waals surface area contributed by atoms with Crippen molar-refractivity contribution in [2.75, 3.05) is 18.9 Å². The number of amides is 1. The van der Waals surface area contributed by atoms with E-state index in [1.54, 1.807) is 10.8 Å². The van der Waals surface area contributed by atoms with Crippen LogP contribution in [-0.4, -0.2) is 57.9 Å². The number of ether oxygens (including phenoxy) is 1. The van der Waals surface area contributed by atoms with E-state index < -0.39 is 0 Å². The smallest absolute Gasteiger partial charge is 0.331 e. The van der Waals surface area contributed by atoms with Gasteiger partial charge in [0.15, 0.2) is 12.0 Å². The third kappa shape index (κ3) is 3.66. The van der Waals surface area contributed by atoms with Crippen molar-refractivity contribution in [1.82, 2.24) is 25.0 Å². The van der Waals surface area contributed by atoms with Crippen molar-refractivity contribution in [1.29, 1.82) is 0 Å². The second-order valence-corrected chi connectivity index (χ2v) is 9.90. The fourth-order valence-electron chi connectivity index (χ4n) is 4.72. The van der Waals surface area contributed by atoms with Crippen molar-refractivity contribution < 1.29 is 9.53 Å². The van der Waals surface area contributed by atoms with E-state index in [-0.39, 0.29) is 17.7 Å². The molecule has 0 radical (unpaired) electrons. The van der Waals surface area contributed by atoms with Crippen LogP contribution in [0.1, 0.15) is 38.8 Å². The molecular formula is C25H29N7O2. The molecule has 1 aromatic carbocycles. The van der Waals surface area contributed by atoms with E-state index in [0.29, 0.717) is 11.9 Å². The van der Waals surface area contributed by atoms with Crippen LogP contribution in [0, 0.1) is 0 Å². The van der Waals surface area contributed by atoms with Crippen molar-refractivity contribution in [2.24, 2.45) is 4.99 Å². The van der Waals surface area contributed by atoms with Gasteiger partial charge in [0, 0.05) is 54.0 Å². The van der Waals surface area contributed by atoms with Gasteiger partial charge in [-0.2, -0.15) is 5.10 Å². The number of nitrogens with zero attached hydrogens (tertiary/aromatic N) is 4. The molecule has 0 saturated heterocycles. The second-order valence-electron chi connectivity index (χ2n) is 9.90. The number of carbonyl (C=O) groups excluding carboxylic acids is 1. The SMILES string of the molecule is CC1CC2=C(CN1)N=CN(C)C2Oc1ccc2c(ccn2C(=O)Nc2cc(C3(C)CC3)[nH]n2)c1. The summed E-state index contributed by atoms with van der Waals surface area (Å²) in [6.45, 7) is 5.13. The Morgan fingerprint density at radius 1 is 1.26 bits per heavy atom. The molecule has 2 unspecified atom stereocenters. The van der Waals surface area contributed by atoms with Crippen LogP contribution in [0.4, 0.5) is 10.6 Å². The van der Waals surface area contributed by atoms with Gasteiger partial charge in [-0.1, -0.05) is 6.92 Å². The lowest BCUT2D eigenvalue weighted by molar-refractivity contribution is 0.120. The maximum absolute atomic E-state index is 12.9. The molecule has 34 heavy (non-hydrogen) atoms. The van der Waals surface area contributed by atoms with Crippen molar-refractivity contribution in [3.05, 3.63) is 53.5 Å². The Labute approximate surface area is 197 Å². The van der Waals surface area contributed by atoms with E-state index in [4.69, 9.17) is 4.74 Å². The Morgan fingerprint density at radius 2 is 2.12 bits per heavy atom. The highest BCUT2D eigenvalue weighted by molar-refractivity contribution is 5.98. The largest absolute Gasteiger partial charge is 0.467 e. The zero-order chi connectivity index (χ0) is 23.4. The standard InChI is InChI=1S/C25H29N7O2/c1-15-10-18-19(13-26-15)27-14-31(3)23(18)34-17-4-5-20-16(11-17)6-9-32(20)24(33)28-22-12-21(29-30-22)25(2)7-8-25/h4-6,9,11-12,14-15,23,26H,7-8,10,13H2,1-3H3,(H2,28,29,30,33). The predicted molar refractivity (Wildman–Crippen MR) is 131 cm³/mol. The van der Waals surface area contributed by atoms with Crippen LogP contribution < -0.4 is 15.4 Å². The van der Waals surface area contributed by atoms with E-state index in [9.17, 15) is 4.79 Å². The summed E-state index contributed by atoms with van der Waals surface area (Å²) in [5.74, 6) is 1.29. The van der Waals surface area contributed by atoms with Crippen molar-refractivity contribution >= 4 is 29.1 Å². The van der Waals surface area contributed by atoms with Crippen LogP contribution in [0.15, 0.2) is 52.8 Å². The van der Waals surface area contributed by atoms with Gasteiger partial charge in [-0.15, -0.1) is 0 Å². The number of aromatic amines is 1. The molecule has 3 aromatic rings. The topological polar surface area (TPSA) is 99.6 Å². The number of nitrogens with one attached hydrogen (secondary N) is 3. The summed E-state index contributed by atoms with van der Waals surface area (Å²) >= 11 is 0. The maximum Gasteiger partial charge on any atom is 0.331 e. The molecule has 176 valence electrons. The average Bonchev–Trinajstić information content (AvgIpc) is 3.21. The average molecular weight is 460 g/mol. The summed E-state index contributed by atoms with van der Waals surface area (Å²) in [7, 11) is 1.98. The lowest BCUT2D eigenvalue weighted by Gasteiger charge is -2.36. The third-order valence-corrected chi connectivity index (χ3v) is 7.17. The fraction of sp³-hybridized carbons (Fsp3) is 0.400. The van der Waals surface area contributed by atoms with Gasteiger partial charge in [0.05, 0.1) is 17.6 Å². The predicted octanol–water partition coefficient (Wildman–Crippen LogP) is 3.81. The molecular weight excluding hydrogens is 430 g/mol. The molecule has 0 bridgehead atoms. The number of rotatable bonds is 4. The molecule has 0 spiro atoms. The van der Waals surface area contributed by atoms with E-state index in [1.165, 1.54) is 5.57 Å². The normalized spacial score (nSPS) is 23.2. The molecule has 4 heterocycles. The van der Waals surface area contributed by atoms with Crippen molar-refractivity contribution in [3.63, 3.8) is 0 Å². The third-order valence-electron chi connectivity index (χ3n) is 7.17. The Balaban J connectivity index is 1.20. The molecule has 3 N–H and O–H groups in total. The number of benzene rings is 1. The summed E-state index contributed by atoms with van der Waals surface area (Å²) in [4.78, 5) is 19.5. The number of H-pyrrole nitrogens is 1. The number of anilines is 1. The molecule has 3 aliphatic rings. The van der Waals surface area contributed by atoms with Crippen LogP contribution in [0.2, 0.25) is 0 Å². The van der Waals surface area contributed by atoms with Crippen LogP contribution >= 0.6 is 0 Å². The van der Waals surface area contributed by atoms with Gasteiger partial charge in [0.25, 0.3) is 0 Å². The number of aliphatic imine (C=N–C) groups is 1. The highest BCUT2D eigenvalue weighted by Crippen LogP contribution is 2.47. The zero-order valence-corrected chi connectivity index (χ0v) is 19.6. The van der Waals surface area contributed by atoms with Crippen molar-refractivity contribution in [3.8, 4) is 5.75 Å². The van der Waals surface area contributed by atoms with Gasteiger partial charge < -0.3 is 15.0 Å². The van der Waals surface area contributed by atoms with Crippen molar-refractivity contribution in [2.45, 2.75) is 50.8 Å². The lowest BCUT2D eigenvalue weighted by atomic mass is 9.98. The molecule has 9 nitrogen and oxygen atoms in total. The zero-order valence-electron chi connectivity index (χ0n) is 19.6. The number of hydrogen-bond acceptors (Lipinski definition) is 6. The van der Waals surface area contributed by atoms with E-state index >= 15 is 0 Å². The van der Waals surface area contributed by atoms with Crippen LogP contribution in [0.3, 0.4) is 0 Å². The number of carbonyl (C=O) groups is 1. The number of hydrogen-bond donors (Lipinski definition) is 3. The first kappa shape index (κ1) is 21.0. The monoisotopic (exact) mass is 459 g/mol. The highest BCUT2D eigenvalue weighted by atomic mass is 16.5. The van der Waals surface area contributed by atoms with Gasteiger partial charge in [0.2, 0.25) is 0 Å². The second kappa shape index (κ2) is 7.73. The summed E-state index contributed by atoms with van der Waals surface area (Å²) < 4.78 is 8.02. The summed E-state index contributed by atoms with van der Waals surface area (Å²) in [6, 6.07) is 9.80. The van der Waals surface area contributed by atoms with E-state index in [1.807, 2.05) is 48.6 Å². The first-order chi connectivity index (χ1) is 16.4. The van der Waals surface area contributed by atoms with Crippen LogP contribution in [-0.2, 0) is 5.41 Å². The molecule has 1 saturated carbocycles. The fourth-order valence-corrected chi connectivity index (χ4v) is 4.72. The first-order valence-corrected chi connectivity index (χ1v) is 11.8. The van der Waals surface area contributed by atoms with Gasteiger partial charge in [-0.25, -0.2) is 9.79 Å². The maximum atomic E-state index is 12.9. The van der Waals surface area contributed by atoms with Gasteiger partial charge >= 0.3 is 6.03 Å². The quantitative estimate of drug-likeness (QED) is 0.551. The Morgan fingerprint density at radius 3 is 2.94 bits per heavy atom. The van der Waals surface area contributed by atoms with E-state index in [2.05, 4.69) is 39.7 Å². The summed E-state index contributed by atoms with van der Waals surface area (Å²) in [5, 5.41) is 14.6. The molecule has 2 atom stereocenters. The number of fused-ring (bicyclic) bond motifs is 1. The number of likely N-dealkylation sites (N-methyl/N-ethyl adjacent to an activating group) is 1. The molecule has 2 aromatic heterocycles. The van der Waals surface area contributed by atoms with Crippen LogP contribution in [0.5, 0.6) is 5.75 Å². The summed E-state index contributed by atoms with van der Waals surface area (Å²) in [6.07, 6.45) is 6.59. The minimum absolute atomic E-state index is 0.174. The highest BCUT2D eigenvalue weighted by Gasteiger charge is 2.40. The molecule has 1 amide bonds. The molecule has 6 rings (SSSR count). The Kier molecular flexibility index (Phi) is 4.77. The van der Waals surface area contributed by atoms with Crippen LogP contribution in [0.25, 0.3) is 10.9 Å². The molecule has 2 aliphatic heterocycles. The first-order valence-electron chi connectivity index (χ1n) is 11.8. The molecule has 1 aliphatic carbocycles.